The highest BCUT2D eigenvalue weighted by Crippen LogP contribution is 2.65. The first kappa shape index (κ1) is 17.6. The summed E-state index contributed by atoms with van der Waals surface area (Å²) in [5.41, 5.74) is 2.10. The number of ether oxygens (including phenoxy) is 1. The minimum atomic E-state index is -0.590. The molecule has 30 heavy (non-hydrogen) atoms. The minimum absolute atomic E-state index is 0.160. The van der Waals surface area contributed by atoms with Crippen molar-refractivity contribution in [3.8, 4) is 16.9 Å². The van der Waals surface area contributed by atoms with Crippen molar-refractivity contribution in [2.75, 3.05) is 6.54 Å². The van der Waals surface area contributed by atoms with Crippen molar-refractivity contribution in [2.45, 2.75) is 6.42 Å². The van der Waals surface area contributed by atoms with Crippen LogP contribution >= 0.6 is 0 Å². The van der Waals surface area contributed by atoms with E-state index in [9.17, 15) is 14.4 Å². The second-order valence-corrected chi connectivity index (χ2v) is 8.78. The number of imide groups is 1. The Hall–Kier alpha value is -3.21. The number of esters is 1. The molecule has 1 heterocycles. The first-order valence-electron chi connectivity index (χ1n) is 10.5. The van der Waals surface area contributed by atoms with E-state index in [0.29, 0.717) is 17.6 Å². The molecule has 5 aliphatic rings. The summed E-state index contributed by atoms with van der Waals surface area (Å²) >= 11 is 0. The van der Waals surface area contributed by atoms with Crippen molar-refractivity contribution < 1.29 is 19.1 Å². The zero-order chi connectivity index (χ0) is 20.4. The number of nitrogens with zero attached hydrogens (tertiary/aromatic N) is 1. The van der Waals surface area contributed by atoms with Crippen LogP contribution in [0.4, 0.5) is 0 Å². The number of amides is 2. The average molecular weight is 399 g/mol. The first-order chi connectivity index (χ1) is 14.6. The summed E-state index contributed by atoms with van der Waals surface area (Å²) in [4.78, 5) is 39.5. The molecule has 2 bridgehead atoms. The van der Waals surface area contributed by atoms with E-state index in [2.05, 4.69) is 12.2 Å². The van der Waals surface area contributed by atoms with Crippen LogP contribution in [0.25, 0.3) is 11.1 Å². The third kappa shape index (κ3) is 2.58. The number of benzene rings is 2. The Morgan fingerprint density at radius 3 is 2.00 bits per heavy atom. The minimum Gasteiger partial charge on any atom is -0.425 e. The lowest BCUT2D eigenvalue weighted by Crippen LogP contribution is -2.40. The van der Waals surface area contributed by atoms with Gasteiger partial charge in [-0.25, -0.2) is 4.79 Å². The molecule has 2 saturated carbocycles. The molecule has 5 nitrogen and oxygen atoms in total. The second kappa shape index (κ2) is 6.39. The molecule has 2 amide bonds. The van der Waals surface area contributed by atoms with Crippen LogP contribution in [0.15, 0.2) is 66.7 Å². The SMILES string of the molecule is O=C(CN1C(=O)[C@H]2[C@@H]3C=C[C@H]([C@H]4C[C@H]34)[C@@H]2C1=O)Oc1ccc(-c2ccccc2)cc1. The van der Waals surface area contributed by atoms with Gasteiger partial charge >= 0.3 is 5.97 Å². The van der Waals surface area contributed by atoms with Crippen molar-refractivity contribution in [1.29, 1.82) is 0 Å². The van der Waals surface area contributed by atoms with E-state index in [1.165, 1.54) is 0 Å². The standard InChI is InChI=1S/C25H21NO4/c27-21(30-16-8-6-15(7-9-16)14-4-2-1-3-5-14)13-26-24(28)22-17-10-11-18(20-12-19(17)20)23(22)25(26)29/h1-11,17-20,22-23H,12-13H2/t17-,18-,19-,20-,22+,23+/m1/s1. The molecular formula is C25H21NO4. The summed E-state index contributed by atoms with van der Waals surface area (Å²) in [5, 5.41) is 0. The van der Waals surface area contributed by atoms with Gasteiger partial charge in [0.05, 0.1) is 11.8 Å². The summed E-state index contributed by atoms with van der Waals surface area (Å²) in [6.07, 6.45) is 5.37. The van der Waals surface area contributed by atoms with Gasteiger partial charge in [-0.1, -0.05) is 54.6 Å². The molecule has 0 aromatic heterocycles. The molecule has 1 saturated heterocycles. The number of hydrogen-bond acceptors (Lipinski definition) is 4. The van der Waals surface area contributed by atoms with E-state index in [1.807, 2.05) is 42.5 Å². The Bertz CT molecular complexity index is 1040. The average Bonchev–Trinajstić information content (AvgIpc) is 3.56. The van der Waals surface area contributed by atoms with Crippen LogP contribution in [0.2, 0.25) is 0 Å². The van der Waals surface area contributed by atoms with Gasteiger partial charge < -0.3 is 4.74 Å². The topological polar surface area (TPSA) is 63.7 Å². The number of allylic oxidation sites excluding steroid dienone is 2. The van der Waals surface area contributed by atoms with Crippen LogP contribution in [0.1, 0.15) is 6.42 Å². The van der Waals surface area contributed by atoms with Crippen molar-refractivity contribution in [3.63, 3.8) is 0 Å². The summed E-state index contributed by atoms with van der Waals surface area (Å²) in [6.45, 7) is -0.320. The number of likely N-dealkylation sites (tertiary alicyclic amines) is 1. The second-order valence-electron chi connectivity index (χ2n) is 8.78. The lowest BCUT2D eigenvalue weighted by Gasteiger charge is -2.37. The predicted octanol–water partition coefficient (Wildman–Crippen LogP) is 3.31. The normalized spacial score (nSPS) is 32.7. The Morgan fingerprint density at radius 2 is 1.40 bits per heavy atom. The van der Waals surface area contributed by atoms with E-state index in [-0.39, 0.29) is 42.0 Å². The van der Waals surface area contributed by atoms with E-state index in [0.717, 1.165) is 22.4 Å². The molecule has 5 heteroatoms. The quantitative estimate of drug-likeness (QED) is 0.342. The van der Waals surface area contributed by atoms with E-state index in [1.54, 1.807) is 12.1 Å². The summed E-state index contributed by atoms with van der Waals surface area (Å²) < 4.78 is 5.42. The van der Waals surface area contributed by atoms with Gasteiger partial charge in [-0.2, -0.15) is 0 Å². The third-order valence-corrected chi connectivity index (χ3v) is 7.23. The third-order valence-electron chi connectivity index (χ3n) is 7.23. The van der Waals surface area contributed by atoms with Gasteiger partial charge in [0.1, 0.15) is 12.3 Å². The summed E-state index contributed by atoms with van der Waals surface area (Å²) in [5.74, 6) is 0.259. The van der Waals surface area contributed by atoms with Gasteiger partial charge in [0.15, 0.2) is 0 Å². The number of carbonyl (C=O) groups is 3. The zero-order valence-corrected chi connectivity index (χ0v) is 16.3. The molecule has 2 aromatic rings. The van der Waals surface area contributed by atoms with Crippen molar-refractivity contribution in [2.24, 2.45) is 35.5 Å². The van der Waals surface area contributed by atoms with Crippen molar-refractivity contribution in [1.82, 2.24) is 4.90 Å². The Labute approximate surface area is 174 Å². The van der Waals surface area contributed by atoms with Gasteiger partial charge in [0.2, 0.25) is 11.8 Å². The molecule has 0 radical (unpaired) electrons. The molecule has 2 aromatic carbocycles. The fourth-order valence-electron chi connectivity index (χ4n) is 5.81. The van der Waals surface area contributed by atoms with Crippen molar-refractivity contribution in [3.05, 3.63) is 66.7 Å². The monoisotopic (exact) mass is 399 g/mol. The van der Waals surface area contributed by atoms with Crippen LogP contribution in [0, 0.1) is 35.5 Å². The van der Waals surface area contributed by atoms with Gasteiger partial charge in [0, 0.05) is 0 Å². The number of hydrogen-bond donors (Lipinski definition) is 0. The Balaban J connectivity index is 1.14. The lowest BCUT2D eigenvalue weighted by molar-refractivity contribution is -0.148. The molecule has 0 spiro atoms. The zero-order valence-electron chi connectivity index (χ0n) is 16.3. The summed E-state index contributed by atoms with van der Waals surface area (Å²) in [6, 6.07) is 17.1. The Morgan fingerprint density at radius 1 is 0.833 bits per heavy atom. The van der Waals surface area contributed by atoms with Crippen LogP contribution in [-0.4, -0.2) is 29.2 Å². The molecule has 7 rings (SSSR count). The van der Waals surface area contributed by atoms with Gasteiger partial charge in [-0.15, -0.1) is 0 Å². The largest absolute Gasteiger partial charge is 0.425 e. The molecule has 4 aliphatic carbocycles. The highest BCUT2D eigenvalue weighted by Gasteiger charge is 2.67. The van der Waals surface area contributed by atoms with Gasteiger partial charge in [-0.05, 0) is 53.4 Å². The molecule has 150 valence electrons. The highest BCUT2D eigenvalue weighted by molar-refractivity contribution is 6.08. The van der Waals surface area contributed by atoms with Crippen LogP contribution in [0.5, 0.6) is 5.75 Å². The number of rotatable bonds is 4. The van der Waals surface area contributed by atoms with Gasteiger partial charge in [0.25, 0.3) is 0 Å². The van der Waals surface area contributed by atoms with Gasteiger partial charge in [-0.3, -0.25) is 14.5 Å². The van der Waals surface area contributed by atoms with E-state index >= 15 is 0 Å². The predicted molar refractivity (Wildman–Crippen MR) is 109 cm³/mol. The van der Waals surface area contributed by atoms with Crippen LogP contribution in [0.3, 0.4) is 0 Å². The fraction of sp³-hybridized carbons (Fsp3) is 0.320. The van der Waals surface area contributed by atoms with Crippen LogP contribution in [-0.2, 0) is 14.4 Å². The maximum Gasteiger partial charge on any atom is 0.331 e. The van der Waals surface area contributed by atoms with E-state index < -0.39 is 5.97 Å². The molecule has 1 aliphatic heterocycles. The smallest absolute Gasteiger partial charge is 0.331 e. The maximum absolute atomic E-state index is 13.0. The highest BCUT2D eigenvalue weighted by atomic mass is 16.5. The van der Waals surface area contributed by atoms with Crippen molar-refractivity contribution >= 4 is 17.8 Å². The van der Waals surface area contributed by atoms with E-state index in [4.69, 9.17) is 4.74 Å². The summed E-state index contributed by atoms with van der Waals surface area (Å²) in [7, 11) is 0. The molecule has 0 unspecified atom stereocenters. The molecule has 6 atom stereocenters. The van der Waals surface area contributed by atoms with Crippen LogP contribution < -0.4 is 4.74 Å². The first-order valence-corrected chi connectivity index (χ1v) is 10.5. The molecular weight excluding hydrogens is 378 g/mol. The maximum atomic E-state index is 13.0. The molecule has 0 N–H and O–H groups in total. The number of carbonyl (C=O) groups excluding carboxylic acids is 3. The lowest BCUT2D eigenvalue weighted by atomic mass is 9.63. The molecule has 3 fully saturated rings. The Kier molecular flexibility index (Phi) is 3.76. The fourth-order valence-corrected chi connectivity index (χ4v) is 5.81.